The molecule has 0 fully saturated rings. The van der Waals surface area contributed by atoms with Crippen LogP contribution in [0.15, 0.2) is 60.0 Å². The number of aromatic nitrogens is 2. The molecule has 14 heteroatoms. The lowest BCUT2D eigenvalue weighted by Crippen LogP contribution is -2.45. The molecular formula is C25H24ClN9O4. The molecule has 3 aromatic rings. The smallest absolute Gasteiger partial charge is 0.411 e. The second-order valence-corrected chi connectivity index (χ2v) is 8.94. The van der Waals surface area contributed by atoms with Gasteiger partial charge < -0.3 is 19.9 Å². The number of hydrogen-bond donors (Lipinski definition) is 5. The lowest BCUT2D eigenvalue weighted by molar-refractivity contribution is -0.135. The number of benzene rings is 2. The Labute approximate surface area is 227 Å². The van der Waals surface area contributed by atoms with Crippen molar-refractivity contribution >= 4 is 59.0 Å². The Balaban J connectivity index is 1.36. The minimum atomic E-state index is -0.958. The number of nitrogens with zero attached hydrogens (tertiary/aromatic N) is 4. The van der Waals surface area contributed by atoms with Gasteiger partial charge in [-0.15, -0.1) is 5.53 Å². The van der Waals surface area contributed by atoms with Crippen molar-refractivity contribution < 1.29 is 19.1 Å². The fraction of sp³-hybridized carbons (Fsp3) is 0.160. The third-order valence-electron chi connectivity index (χ3n) is 6.10. The van der Waals surface area contributed by atoms with Crippen molar-refractivity contribution in [1.29, 1.82) is 0 Å². The van der Waals surface area contributed by atoms with Crippen molar-refractivity contribution in [2.24, 2.45) is 5.10 Å². The standard InChI is InChI=1S/C25H24ClN9O4/c1-39-25(38)31-18-6-4-17(5-7-18)30-24(37)23-22-19(27-13-28-22)10-11-34(23)21(36)9-2-15-12-16(26)3-8-20(15)35-14-29-32-33-35/h2-9,12-14,23,32-33H,10-11H2,1H3,(H,27,28)(H,30,37)(H,31,38)/b9-2+. The monoisotopic (exact) mass is 549 g/mol. The molecule has 0 aliphatic carbocycles. The molecule has 0 saturated carbocycles. The largest absolute Gasteiger partial charge is 0.453 e. The van der Waals surface area contributed by atoms with E-state index >= 15 is 0 Å². The number of anilines is 3. The van der Waals surface area contributed by atoms with Crippen LogP contribution in [0.25, 0.3) is 6.08 Å². The van der Waals surface area contributed by atoms with Crippen molar-refractivity contribution in [2.45, 2.75) is 12.5 Å². The molecular weight excluding hydrogens is 526 g/mol. The van der Waals surface area contributed by atoms with E-state index in [0.29, 0.717) is 46.3 Å². The van der Waals surface area contributed by atoms with Gasteiger partial charge in [-0.1, -0.05) is 11.6 Å². The summed E-state index contributed by atoms with van der Waals surface area (Å²) in [6.07, 6.45) is 6.02. The highest BCUT2D eigenvalue weighted by molar-refractivity contribution is 6.30. The third-order valence-corrected chi connectivity index (χ3v) is 6.34. The van der Waals surface area contributed by atoms with Gasteiger partial charge in [-0.2, -0.15) is 5.10 Å². The van der Waals surface area contributed by atoms with Crippen molar-refractivity contribution in [1.82, 2.24) is 25.9 Å². The van der Waals surface area contributed by atoms with Crippen LogP contribution in [0.1, 0.15) is 23.0 Å². The van der Waals surface area contributed by atoms with E-state index in [1.807, 2.05) is 0 Å². The number of hydrazine groups is 2. The molecule has 2 aliphatic rings. The number of carbonyl (C=O) groups is 3. The van der Waals surface area contributed by atoms with Gasteiger partial charge in [-0.3, -0.25) is 14.9 Å². The van der Waals surface area contributed by atoms with Gasteiger partial charge in [-0.05, 0) is 48.5 Å². The summed E-state index contributed by atoms with van der Waals surface area (Å²) >= 11 is 6.21. The Hall–Kier alpha value is -4.88. The number of hydrazone groups is 1. The van der Waals surface area contributed by atoms with Crippen LogP contribution < -0.4 is 26.7 Å². The average molecular weight is 550 g/mol. The first kappa shape index (κ1) is 25.8. The number of methoxy groups -OCH3 is 1. The fourth-order valence-corrected chi connectivity index (χ4v) is 4.43. The molecule has 2 aliphatic heterocycles. The zero-order valence-corrected chi connectivity index (χ0v) is 21.4. The quantitative estimate of drug-likeness (QED) is 0.294. The highest BCUT2D eigenvalue weighted by Gasteiger charge is 2.37. The van der Waals surface area contributed by atoms with E-state index in [1.54, 1.807) is 59.9 Å². The molecule has 0 radical (unpaired) electrons. The maximum Gasteiger partial charge on any atom is 0.411 e. The van der Waals surface area contributed by atoms with Crippen molar-refractivity contribution in [3.8, 4) is 0 Å². The van der Waals surface area contributed by atoms with Gasteiger partial charge in [-0.25, -0.2) is 20.3 Å². The summed E-state index contributed by atoms with van der Waals surface area (Å²) in [6, 6.07) is 10.8. The lowest BCUT2D eigenvalue weighted by atomic mass is 10.0. The van der Waals surface area contributed by atoms with Gasteiger partial charge in [0.15, 0.2) is 6.04 Å². The average Bonchev–Trinajstić information content (AvgIpc) is 3.65. The molecule has 5 N–H and O–H groups in total. The molecule has 3 heterocycles. The number of H-pyrrole nitrogens is 1. The van der Waals surface area contributed by atoms with E-state index in [2.05, 4.69) is 41.5 Å². The van der Waals surface area contributed by atoms with E-state index in [1.165, 1.54) is 24.4 Å². The summed E-state index contributed by atoms with van der Waals surface area (Å²) in [7, 11) is 1.27. The summed E-state index contributed by atoms with van der Waals surface area (Å²) in [5.41, 5.74) is 9.11. The predicted octanol–water partition coefficient (Wildman–Crippen LogP) is 2.79. The number of carbonyl (C=O) groups excluding carboxylic acids is 3. The predicted molar refractivity (Wildman–Crippen MR) is 146 cm³/mol. The van der Waals surface area contributed by atoms with Crippen LogP contribution in [0.3, 0.4) is 0 Å². The molecule has 1 atom stereocenters. The number of rotatable bonds is 6. The van der Waals surface area contributed by atoms with Crippen LogP contribution in [0.2, 0.25) is 5.02 Å². The highest BCUT2D eigenvalue weighted by atomic mass is 35.5. The number of ether oxygens (including phenoxy) is 1. The number of fused-ring (bicyclic) bond motifs is 1. The first-order valence-electron chi connectivity index (χ1n) is 11.8. The Kier molecular flexibility index (Phi) is 7.43. The molecule has 1 aromatic heterocycles. The van der Waals surface area contributed by atoms with E-state index in [-0.39, 0.29) is 5.91 Å². The maximum atomic E-state index is 13.5. The van der Waals surface area contributed by atoms with Crippen LogP contribution in [0.4, 0.5) is 21.9 Å². The SMILES string of the molecule is COC(=O)Nc1ccc(NC(=O)C2c3nc[nH]c3CCN2C(=O)/C=C/c2cc(Cl)ccc2N2C=NNN2)cc1. The molecule has 200 valence electrons. The Bertz CT molecular complexity index is 1450. The molecule has 0 spiro atoms. The second kappa shape index (κ2) is 11.2. The summed E-state index contributed by atoms with van der Waals surface area (Å²) in [6.45, 7) is 0.311. The molecule has 5 rings (SSSR count). The minimum absolute atomic E-state index is 0.311. The highest BCUT2D eigenvalue weighted by Crippen LogP contribution is 2.30. The summed E-state index contributed by atoms with van der Waals surface area (Å²) < 4.78 is 4.58. The third kappa shape index (κ3) is 5.68. The van der Waals surface area contributed by atoms with Gasteiger partial charge in [0.25, 0.3) is 5.91 Å². The summed E-state index contributed by atoms with van der Waals surface area (Å²) in [5.74, 6) is -0.793. The number of halogens is 1. The normalized spacial score (nSPS) is 16.1. The van der Waals surface area contributed by atoms with Gasteiger partial charge in [0.05, 0.1) is 24.8 Å². The minimum Gasteiger partial charge on any atom is -0.453 e. The number of hydrogen-bond acceptors (Lipinski definition) is 9. The molecule has 0 bridgehead atoms. The zero-order chi connectivity index (χ0) is 27.4. The molecule has 13 nitrogen and oxygen atoms in total. The first-order chi connectivity index (χ1) is 18.9. The second-order valence-electron chi connectivity index (χ2n) is 8.51. The van der Waals surface area contributed by atoms with E-state index in [4.69, 9.17) is 11.6 Å². The van der Waals surface area contributed by atoms with Crippen molar-refractivity contribution in [2.75, 3.05) is 29.3 Å². The molecule has 3 amide bonds. The van der Waals surface area contributed by atoms with Crippen LogP contribution in [-0.4, -0.2) is 52.8 Å². The molecule has 1 unspecified atom stereocenters. The van der Waals surface area contributed by atoms with Crippen molar-refractivity contribution in [3.63, 3.8) is 0 Å². The van der Waals surface area contributed by atoms with Gasteiger partial charge in [0.2, 0.25) is 5.91 Å². The fourth-order valence-electron chi connectivity index (χ4n) is 4.25. The molecule has 0 saturated heterocycles. The van der Waals surface area contributed by atoms with Crippen LogP contribution in [-0.2, 0) is 20.7 Å². The zero-order valence-electron chi connectivity index (χ0n) is 20.6. The number of nitrogens with one attached hydrogen (secondary N) is 5. The van der Waals surface area contributed by atoms with Crippen LogP contribution in [0, 0.1) is 0 Å². The van der Waals surface area contributed by atoms with E-state index in [9.17, 15) is 14.4 Å². The maximum absolute atomic E-state index is 13.5. The summed E-state index contributed by atoms with van der Waals surface area (Å²) in [5, 5.41) is 11.4. The topological polar surface area (TPSA) is 156 Å². The number of imidazole rings is 1. The number of amides is 3. The first-order valence-corrected chi connectivity index (χ1v) is 12.2. The van der Waals surface area contributed by atoms with E-state index < -0.39 is 18.0 Å². The van der Waals surface area contributed by atoms with Crippen LogP contribution >= 0.6 is 11.6 Å². The lowest BCUT2D eigenvalue weighted by Gasteiger charge is -2.33. The van der Waals surface area contributed by atoms with Crippen LogP contribution in [0.5, 0.6) is 0 Å². The Morgan fingerprint density at radius 1 is 1.13 bits per heavy atom. The summed E-state index contributed by atoms with van der Waals surface area (Å²) in [4.78, 5) is 47.2. The molecule has 39 heavy (non-hydrogen) atoms. The van der Waals surface area contributed by atoms with Gasteiger partial charge >= 0.3 is 6.09 Å². The number of aromatic amines is 1. The Morgan fingerprint density at radius 3 is 2.62 bits per heavy atom. The van der Waals surface area contributed by atoms with Gasteiger partial charge in [0.1, 0.15) is 6.34 Å². The van der Waals surface area contributed by atoms with Gasteiger partial charge in [0, 0.05) is 46.7 Å². The Morgan fingerprint density at radius 2 is 1.90 bits per heavy atom. The van der Waals surface area contributed by atoms with Crippen molar-refractivity contribution in [3.05, 3.63) is 76.8 Å². The van der Waals surface area contributed by atoms with E-state index in [0.717, 1.165) is 5.69 Å². The molecule has 2 aromatic carbocycles.